The highest BCUT2D eigenvalue weighted by molar-refractivity contribution is 5.73. The van der Waals surface area contributed by atoms with Crippen LogP contribution in [0.15, 0.2) is 72.8 Å². The van der Waals surface area contributed by atoms with Crippen molar-refractivity contribution in [3.63, 3.8) is 0 Å². The van der Waals surface area contributed by atoms with E-state index in [2.05, 4.69) is 21.3 Å². The van der Waals surface area contributed by atoms with Gasteiger partial charge in [0.25, 0.3) is 0 Å². The normalized spacial score (nSPS) is 6.79. The van der Waals surface area contributed by atoms with E-state index >= 15 is 0 Å². The van der Waals surface area contributed by atoms with Crippen LogP contribution in [0.3, 0.4) is 0 Å². The Morgan fingerprint density at radius 3 is 0.526 bits per heavy atom. The third-order valence-electron chi connectivity index (χ3n) is 2.68. The third kappa shape index (κ3) is 76.6. The molecule has 2 rings (SSSR count). The van der Waals surface area contributed by atoms with E-state index in [0.717, 1.165) is 0 Å². The number of hydrogen-bond donors (Lipinski definition) is 4. The number of hydrogen-bond acceptors (Lipinski definition) is 2. The number of carbonyl (C=O) groups excluding carboxylic acids is 2. The molecule has 226 valence electrons. The first-order valence-electron chi connectivity index (χ1n) is 14.7. The standard InChI is InChI=1S/2C6H6.2C5H12N2O.5C2H6/c2*1-2-4-6-5-3-1;2*1-3-6-5(8)7-4-2;5*1-2/h2*1-6H;2*3-4H2,1-2H3,(H2,6,7,8);5*1-2H3. The lowest BCUT2D eigenvalue weighted by atomic mass is 10.4. The van der Waals surface area contributed by atoms with Gasteiger partial charge < -0.3 is 21.3 Å². The van der Waals surface area contributed by atoms with Crippen molar-refractivity contribution in [1.29, 1.82) is 0 Å². The Bertz CT molecular complexity index is 433. The Morgan fingerprint density at radius 2 is 0.447 bits per heavy atom. The summed E-state index contributed by atoms with van der Waals surface area (Å²) in [7, 11) is 0. The number of urea groups is 2. The molecule has 2 aromatic carbocycles. The highest BCUT2D eigenvalue weighted by Crippen LogP contribution is 1.80. The number of benzene rings is 2. The van der Waals surface area contributed by atoms with Gasteiger partial charge in [0.15, 0.2) is 0 Å². The van der Waals surface area contributed by atoms with Crippen LogP contribution in [0, 0.1) is 0 Å². The van der Waals surface area contributed by atoms with Crippen LogP contribution >= 0.6 is 0 Å². The molecule has 0 radical (unpaired) electrons. The molecule has 6 nitrogen and oxygen atoms in total. The second-order valence-corrected chi connectivity index (χ2v) is 5.09. The van der Waals surface area contributed by atoms with Crippen molar-refractivity contribution < 1.29 is 9.59 Å². The molecule has 0 bridgehead atoms. The van der Waals surface area contributed by atoms with Crippen molar-refractivity contribution in [2.75, 3.05) is 26.2 Å². The van der Waals surface area contributed by atoms with Gasteiger partial charge in [-0.3, -0.25) is 0 Å². The van der Waals surface area contributed by atoms with Crippen molar-refractivity contribution in [2.45, 2.75) is 96.9 Å². The van der Waals surface area contributed by atoms with E-state index < -0.39 is 0 Å². The fourth-order valence-corrected chi connectivity index (χ4v) is 1.54. The van der Waals surface area contributed by atoms with Crippen LogP contribution in [0.2, 0.25) is 0 Å². The average molecular weight is 539 g/mol. The van der Waals surface area contributed by atoms with Gasteiger partial charge in [0.1, 0.15) is 0 Å². The first-order chi connectivity index (χ1) is 18.6. The molecule has 2 aromatic rings. The van der Waals surface area contributed by atoms with Gasteiger partial charge in [-0.25, -0.2) is 9.59 Å². The average Bonchev–Trinajstić information content (AvgIpc) is 3.02. The summed E-state index contributed by atoms with van der Waals surface area (Å²) >= 11 is 0. The van der Waals surface area contributed by atoms with Gasteiger partial charge in [-0.15, -0.1) is 0 Å². The summed E-state index contributed by atoms with van der Waals surface area (Å²) in [5.74, 6) is 0. The highest BCUT2D eigenvalue weighted by Gasteiger charge is 1.90. The number of carbonyl (C=O) groups is 2. The van der Waals surface area contributed by atoms with E-state index in [1.165, 1.54) is 0 Å². The summed E-state index contributed by atoms with van der Waals surface area (Å²) in [5, 5.41) is 10.4. The van der Waals surface area contributed by atoms with Crippen LogP contribution in [0.5, 0.6) is 0 Å². The zero-order valence-electron chi connectivity index (χ0n) is 27.6. The van der Waals surface area contributed by atoms with Crippen LogP contribution in [0.4, 0.5) is 9.59 Å². The molecular formula is C32H66N4O2. The van der Waals surface area contributed by atoms with E-state index in [9.17, 15) is 9.59 Å². The monoisotopic (exact) mass is 539 g/mol. The topological polar surface area (TPSA) is 82.3 Å². The third-order valence-corrected chi connectivity index (χ3v) is 2.68. The molecule has 4 amide bonds. The summed E-state index contributed by atoms with van der Waals surface area (Å²) in [6.45, 7) is 30.3. The van der Waals surface area contributed by atoms with Gasteiger partial charge in [0.05, 0.1) is 0 Å². The number of rotatable bonds is 4. The van der Waals surface area contributed by atoms with Crippen molar-refractivity contribution in [2.24, 2.45) is 0 Å². The molecule has 0 aliphatic carbocycles. The maximum Gasteiger partial charge on any atom is 0.314 e. The van der Waals surface area contributed by atoms with Crippen molar-refractivity contribution >= 4 is 12.1 Å². The van der Waals surface area contributed by atoms with Gasteiger partial charge in [0.2, 0.25) is 0 Å². The van der Waals surface area contributed by atoms with Gasteiger partial charge in [0, 0.05) is 26.2 Å². The predicted molar refractivity (Wildman–Crippen MR) is 175 cm³/mol. The van der Waals surface area contributed by atoms with Crippen molar-refractivity contribution in [3.8, 4) is 0 Å². The summed E-state index contributed by atoms with van der Waals surface area (Å²) in [5.41, 5.74) is 0. The van der Waals surface area contributed by atoms with Gasteiger partial charge in [-0.05, 0) is 27.7 Å². The minimum Gasteiger partial charge on any atom is -0.338 e. The molecule has 38 heavy (non-hydrogen) atoms. The predicted octanol–water partition coefficient (Wildman–Crippen LogP) is 9.16. The van der Waals surface area contributed by atoms with Crippen LogP contribution in [-0.2, 0) is 0 Å². The zero-order valence-corrected chi connectivity index (χ0v) is 27.6. The quantitative estimate of drug-likeness (QED) is 0.313. The van der Waals surface area contributed by atoms with E-state index in [1.807, 2.05) is 170 Å². The molecule has 0 saturated carbocycles. The first kappa shape index (κ1) is 51.6. The Balaban J connectivity index is -0.0000000608. The molecule has 0 spiro atoms. The summed E-state index contributed by atoms with van der Waals surface area (Å²) in [6.07, 6.45) is 0. The zero-order chi connectivity index (χ0) is 31.3. The maximum absolute atomic E-state index is 10.4. The van der Waals surface area contributed by atoms with Crippen molar-refractivity contribution in [3.05, 3.63) is 72.8 Å². The molecule has 0 aliphatic rings. The van der Waals surface area contributed by atoms with Crippen LogP contribution in [0.25, 0.3) is 0 Å². The number of amides is 4. The summed E-state index contributed by atoms with van der Waals surface area (Å²) < 4.78 is 0. The summed E-state index contributed by atoms with van der Waals surface area (Å²) in [4.78, 5) is 20.8. The number of nitrogens with one attached hydrogen (secondary N) is 4. The van der Waals surface area contributed by atoms with E-state index in [1.54, 1.807) is 0 Å². The smallest absolute Gasteiger partial charge is 0.314 e. The molecule has 4 N–H and O–H groups in total. The summed E-state index contributed by atoms with van der Waals surface area (Å²) in [6, 6.07) is 23.8. The lowest BCUT2D eigenvalue weighted by Crippen LogP contribution is -2.34. The Morgan fingerprint density at radius 1 is 0.342 bits per heavy atom. The molecule has 0 atom stereocenters. The Kier molecular flexibility index (Phi) is 95.0. The molecule has 0 heterocycles. The lowest BCUT2D eigenvalue weighted by molar-refractivity contribution is 0.241. The molecule has 6 heteroatoms. The highest BCUT2D eigenvalue weighted by atomic mass is 16.2. The first-order valence-corrected chi connectivity index (χ1v) is 14.7. The SMILES string of the molecule is CC.CC.CC.CC.CC.CCNC(=O)NCC.CCNC(=O)NCC.c1ccccc1.c1ccccc1. The fraction of sp³-hybridized carbons (Fsp3) is 0.562. The van der Waals surface area contributed by atoms with Crippen LogP contribution < -0.4 is 21.3 Å². The fourth-order valence-electron chi connectivity index (χ4n) is 1.54. The molecule has 0 aromatic heterocycles. The molecular weight excluding hydrogens is 472 g/mol. The Hall–Kier alpha value is -3.02. The minimum atomic E-state index is -0.0880. The second kappa shape index (κ2) is 70.0. The van der Waals surface area contributed by atoms with E-state index in [4.69, 9.17) is 0 Å². The molecule has 0 unspecified atom stereocenters. The molecule has 0 saturated heterocycles. The Labute approximate surface area is 238 Å². The van der Waals surface area contributed by atoms with Crippen LogP contribution in [-0.4, -0.2) is 38.2 Å². The molecule has 0 fully saturated rings. The van der Waals surface area contributed by atoms with E-state index in [0.29, 0.717) is 26.2 Å². The van der Waals surface area contributed by atoms with E-state index in [-0.39, 0.29) is 12.1 Å². The van der Waals surface area contributed by atoms with Crippen LogP contribution in [0.1, 0.15) is 96.9 Å². The van der Waals surface area contributed by atoms with Gasteiger partial charge in [-0.1, -0.05) is 142 Å². The minimum absolute atomic E-state index is 0.0880. The van der Waals surface area contributed by atoms with Crippen molar-refractivity contribution in [1.82, 2.24) is 21.3 Å². The largest absolute Gasteiger partial charge is 0.338 e. The maximum atomic E-state index is 10.4. The van der Waals surface area contributed by atoms with Gasteiger partial charge >= 0.3 is 12.1 Å². The lowest BCUT2D eigenvalue weighted by Gasteiger charge is -1.99. The van der Waals surface area contributed by atoms with Gasteiger partial charge in [-0.2, -0.15) is 0 Å². The second-order valence-electron chi connectivity index (χ2n) is 5.09. The molecule has 0 aliphatic heterocycles.